The summed E-state index contributed by atoms with van der Waals surface area (Å²) in [6.45, 7) is 23.7. The summed E-state index contributed by atoms with van der Waals surface area (Å²) in [6.07, 6.45) is 5.13. The molecule has 2 aromatic heterocycles. The number of rotatable bonds is 6. The van der Waals surface area contributed by atoms with Crippen LogP contribution in [0.5, 0.6) is 0 Å². The molecule has 8 aromatic rings. The van der Waals surface area contributed by atoms with Crippen molar-refractivity contribution in [2.75, 3.05) is 9.80 Å². The Hall–Kier alpha value is -5.68. The molecule has 0 saturated heterocycles. The van der Waals surface area contributed by atoms with E-state index in [1.165, 1.54) is 116 Å². The van der Waals surface area contributed by atoms with Crippen LogP contribution >= 0.6 is 22.7 Å². The molecule has 2 nitrogen and oxygen atoms in total. The van der Waals surface area contributed by atoms with E-state index in [-0.39, 0.29) is 10.8 Å². The lowest BCUT2D eigenvalue weighted by Crippen LogP contribution is -2.31. The first kappa shape index (κ1) is 39.2. The molecule has 0 bridgehead atoms. The normalized spacial score (nSPS) is 18.0. The molecular weight excluding hydrogens is 789 g/mol. The highest BCUT2D eigenvalue weighted by Gasteiger charge is 2.52. The van der Waals surface area contributed by atoms with E-state index in [9.17, 15) is 0 Å². The first-order chi connectivity index (χ1) is 29.7. The fourth-order valence-electron chi connectivity index (χ4n) is 11.9. The molecule has 0 spiro atoms. The quantitative estimate of drug-likeness (QED) is 0.165. The molecule has 0 aliphatic heterocycles. The van der Waals surface area contributed by atoms with Crippen molar-refractivity contribution in [3.05, 3.63) is 193 Å². The molecule has 0 N–H and O–H groups in total. The smallest absolute Gasteiger partial charge is 0.0647 e. The maximum atomic E-state index is 2.64. The van der Waals surface area contributed by atoms with E-state index in [2.05, 4.69) is 211 Å². The number of hydrogen-bond acceptors (Lipinski definition) is 4. The molecule has 11 rings (SSSR count). The predicted molar refractivity (Wildman–Crippen MR) is 269 cm³/mol. The van der Waals surface area contributed by atoms with Crippen LogP contribution in [0.4, 0.5) is 28.4 Å². The van der Waals surface area contributed by atoms with Gasteiger partial charge in [0.15, 0.2) is 0 Å². The van der Waals surface area contributed by atoms with E-state index in [0.29, 0.717) is 11.8 Å². The SMILES string of the molecule is CC1=CC(N(c2cc(C)cc(C)c2)c2csc3ccccc23)=CC2C1c1ccc3c(c1C2(C)C)C(C)(C)c1cc(N(c2cc(C)cc(C)c2)c2csc4ccccc24)cc(C)c1-3. The minimum absolute atomic E-state index is 0.117. The largest absolute Gasteiger partial charge is 0.309 e. The van der Waals surface area contributed by atoms with Gasteiger partial charge in [0.05, 0.1) is 11.4 Å². The molecule has 3 aliphatic carbocycles. The lowest BCUT2D eigenvalue weighted by Gasteiger charge is -2.37. The molecule has 0 radical (unpaired) electrons. The fraction of sp³-hybridized carbons (Fsp3) is 0.241. The Morgan fingerprint density at radius 2 is 1.08 bits per heavy atom. The number of anilines is 5. The fourth-order valence-corrected chi connectivity index (χ4v) is 13.8. The van der Waals surface area contributed by atoms with Crippen LogP contribution in [0.25, 0.3) is 31.3 Å². The van der Waals surface area contributed by atoms with Gasteiger partial charge in [-0.2, -0.15) is 0 Å². The topological polar surface area (TPSA) is 6.48 Å². The number of benzene rings is 6. The summed E-state index contributed by atoms with van der Waals surface area (Å²) in [7, 11) is 0. The van der Waals surface area contributed by atoms with Crippen molar-refractivity contribution in [3.63, 3.8) is 0 Å². The maximum absolute atomic E-state index is 2.64. The molecule has 0 saturated carbocycles. The van der Waals surface area contributed by atoms with Crippen LogP contribution in [-0.4, -0.2) is 0 Å². The van der Waals surface area contributed by atoms with E-state index in [1.807, 2.05) is 22.7 Å². The molecule has 62 heavy (non-hydrogen) atoms. The number of hydrogen-bond donors (Lipinski definition) is 0. The van der Waals surface area contributed by atoms with Crippen LogP contribution in [0.2, 0.25) is 0 Å². The van der Waals surface area contributed by atoms with Crippen LogP contribution in [0.3, 0.4) is 0 Å². The van der Waals surface area contributed by atoms with Gasteiger partial charge in [0.2, 0.25) is 0 Å². The van der Waals surface area contributed by atoms with Crippen molar-refractivity contribution in [1.29, 1.82) is 0 Å². The third kappa shape index (κ3) is 5.79. The Morgan fingerprint density at radius 1 is 0.548 bits per heavy atom. The predicted octanol–water partition coefficient (Wildman–Crippen LogP) is 17.1. The van der Waals surface area contributed by atoms with Crippen molar-refractivity contribution in [2.45, 2.75) is 86.0 Å². The zero-order valence-electron chi connectivity index (χ0n) is 37.6. The van der Waals surface area contributed by atoms with Crippen LogP contribution in [0.15, 0.2) is 143 Å². The average molecular weight is 843 g/mol. The van der Waals surface area contributed by atoms with E-state index in [1.54, 1.807) is 5.56 Å². The van der Waals surface area contributed by atoms with Crippen molar-refractivity contribution in [3.8, 4) is 11.1 Å². The summed E-state index contributed by atoms with van der Waals surface area (Å²) in [5.41, 5.74) is 23.8. The Kier molecular flexibility index (Phi) is 8.79. The molecular formula is C58H54N2S2. The number of fused-ring (bicyclic) bond motifs is 9. The minimum atomic E-state index is -0.211. The highest BCUT2D eigenvalue weighted by Crippen LogP contribution is 2.63. The van der Waals surface area contributed by atoms with Gasteiger partial charge in [0, 0.05) is 65.0 Å². The average Bonchev–Trinajstić information content (AvgIpc) is 3.95. The van der Waals surface area contributed by atoms with Crippen molar-refractivity contribution in [1.82, 2.24) is 0 Å². The summed E-state index contributed by atoms with van der Waals surface area (Å²) in [5.74, 6) is 0.614. The van der Waals surface area contributed by atoms with Crippen molar-refractivity contribution >= 4 is 71.3 Å². The summed E-state index contributed by atoms with van der Waals surface area (Å²) in [4.78, 5) is 5.07. The summed E-state index contributed by atoms with van der Waals surface area (Å²) in [6, 6.07) is 41.7. The van der Waals surface area contributed by atoms with E-state index >= 15 is 0 Å². The lowest BCUT2D eigenvalue weighted by molar-refractivity contribution is 0.380. The zero-order chi connectivity index (χ0) is 43.0. The Bertz CT molecular complexity index is 3200. The maximum Gasteiger partial charge on any atom is 0.0647 e. The first-order valence-electron chi connectivity index (χ1n) is 22.1. The molecule has 3 aliphatic rings. The summed E-state index contributed by atoms with van der Waals surface area (Å²) < 4.78 is 2.63. The number of allylic oxidation sites excluding steroid dienone is 3. The van der Waals surface area contributed by atoms with Gasteiger partial charge >= 0.3 is 0 Å². The van der Waals surface area contributed by atoms with Gasteiger partial charge in [-0.25, -0.2) is 0 Å². The number of thiophene rings is 2. The molecule has 308 valence electrons. The second kappa shape index (κ2) is 13.9. The van der Waals surface area contributed by atoms with Crippen LogP contribution < -0.4 is 9.80 Å². The third-order valence-corrected chi connectivity index (χ3v) is 16.3. The second-order valence-electron chi connectivity index (χ2n) is 19.6. The molecule has 2 unspecified atom stereocenters. The minimum Gasteiger partial charge on any atom is -0.309 e. The number of aryl methyl sites for hydroxylation is 5. The Labute approximate surface area is 375 Å². The molecule has 6 aromatic carbocycles. The van der Waals surface area contributed by atoms with Gasteiger partial charge in [-0.05, 0) is 169 Å². The van der Waals surface area contributed by atoms with Gasteiger partial charge in [0.25, 0.3) is 0 Å². The molecule has 0 amide bonds. The lowest BCUT2D eigenvalue weighted by atomic mass is 9.69. The van der Waals surface area contributed by atoms with E-state index in [0.717, 1.165) is 0 Å². The van der Waals surface area contributed by atoms with Crippen LogP contribution in [-0.2, 0) is 10.8 Å². The second-order valence-corrected chi connectivity index (χ2v) is 21.4. The third-order valence-electron chi connectivity index (χ3n) is 14.4. The molecule has 2 heterocycles. The first-order valence-corrected chi connectivity index (χ1v) is 23.9. The molecule has 0 fully saturated rings. The Balaban J connectivity index is 1.06. The van der Waals surface area contributed by atoms with Gasteiger partial charge in [-0.1, -0.05) is 100 Å². The van der Waals surface area contributed by atoms with Gasteiger partial charge in [0.1, 0.15) is 0 Å². The Morgan fingerprint density at radius 3 is 1.68 bits per heavy atom. The van der Waals surface area contributed by atoms with Crippen LogP contribution in [0.1, 0.15) is 90.6 Å². The van der Waals surface area contributed by atoms with Gasteiger partial charge in [-0.15, -0.1) is 22.7 Å². The van der Waals surface area contributed by atoms with Gasteiger partial charge in [-0.3, -0.25) is 0 Å². The van der Waals surface area contributed by atoms with E-state index < -0.39 is 0 Å². The number of nitrogens with zero attached hydrogens (tertiary/aromatic N) is 2. The van der Waals surface area contributed by atoms with Crippen molar-refractivity contribution < 1.29 is 0 Å². The monoisotopic (exact) mass is 842 g/mol. The van der Waals surface area contributed by atoms with Crippen molar-refractivity contribution in [2.24, 2.45) is 5.92 Å². The van der Waals surface area contributed by atoms with Gasteiger partial charge < -0.3 is 9.80 Å². The highest BCUT2D eigenvalue weighted by atomic mass is 32.1. The summed E-state index contributed by atoms with van der Waals surface area (Å²) >= 11 is 3.67. The standard InChI is InChI=1S/C58H54N2S2/c1-33-21-34(2)24-39(23-33)59(49-31-61-51-17-13-11-15-43(49)51)41-27-37(5)53-45-19-20-46-54-38(6)28-42(30-48(54)58(9,10)56(46)55(45)57(7,8)47(53)29-41)60(40-25-35(3)22-36(4)26-40)50-32-62-52-18-14-12-16-44(50)52/h11-32,47,53H,1-10H3. The highest BCUT2D eigenvalue weighted by molar-refractivity contribution is 7.18. The zero-order valence-corrected chi connectivity index (χ0v) is 39.2. The van der Waals surface area contributed by atoms with E-state index in [4.69, 9.17) is 0 Å². The molecule has 2 atom stereocenters. The summed E-state index contributed by atoms with van der Waals surface area (Å²) in [5, 5.41) is 7.30. The molecule has 4 heteroatoms. The van der Waals surface area contributed by atoms with Crippen LogP contribution in [0, 0.1) is 40.5 Å².